The van der Waals surface area contributed by atoms with Crippen LogP contribution in [-0.2, 0) is 23.6 Å². The van der Waals surface area contributed by atoms with Crippen molar-refractivity contribution in [1.29, 1.82) is 0 Å². The lowest BCUT2D eigenvalue weighted by Gasteiger charge is -2.42. The zero-order valence-electron chi connectivity index (χ0n) is 19.3. The molecule has 36 heavy (non-hydrogen) atoms. The maximum atomic E-state index is 14.2. The van der Waals surface area contributed by atoms with Crippen LogP contribution >= 0.6 is 0 Å². The summed E-state index contributed by atoms with van der Waals surface area (Å²) in [5.74, 6) is -4.22. The van der Waals surface area contributed by atoms with E-state index in [4.69, 9.17) is 10.5 Å². The molecule has 1 aromatic heterocycles. The molecule has 1 saturated heterocycles. The van der Waals surface area contributed by atoms with Crippen molar-refractivity contribution in [3.05, 3.63) is 93.3 Å². The predicted octanol–water partition coefficient (Wildman–Crippen LogP) is -0.202. The second-order valence-electron chi connectivity index (χ2n) is 8.72. The van der Waals surface area contributed by atoms with Gasteiger partial charge in [0.05, 0.1) is 13.2 Å². The number of aromatic nitrogens is 2. The van der Waals surface area contributed by atoms with Crippen molar-refractivity contribution in [2.75, 3.05) is 12.3 Å². The van der Waals surface area contributed by atoms with Gasteiger partial charge in [-0.15, -0.1) is 5.06 Å². The Morgan fingerprint density at radius 2 is 1.83 bits per heavy atom. The molecule has 4 rings (SSSR count). The van der Waals surface area contributed by atoms with Gasteiger partial charge >= 0.3 is 11.6 Å². The number of halogens is 1. The third-order valence-corrected chi connectivity index (χ3v) is 6.32. The lowest BCUT2D eigenvalue weighted by Crippen LogP contribution is -2.68. The summed E-state index contributed by atoms with van der Waals surface area (Å²) in [7, 11) is 0. The molecule has 0 aliphatic carbocycles. The molecule has 1 aliphatic rings. The van der Waals surface area contributed by atoms with Crippen LogP contribution in [0, 0.1) is 12.7 Å². The van der Waals surface area contributed by atoms with Gasteiger partial charge in [-0.25, -0.2) is 18.7 Å². The number of benzene rings is 2. The number of aryl methyl sites for hydroxylation is 1. The highest BCUT2D eigenvalue weighted by Crippen LogP contribution is 2.44. The van der Waals surface area contributed by atoms with Crippen LogP contribution in [0.1, 0.15) is 22.3 Å². The van der Waals surface area contributed by atoms with Crippen molar-refractivity contribution in [3.63, 3.8) is 0 Å². The zero-order valence-corrected chi connectivity index (χ0v) is 19.3. The van der Waals surface area contributed by atoms with Gasteiger partial charge in [-0.1, -0.05) is 48.0 Å². The Balaban J connectivity index is 1.81. The van der Waals surface area contributed by atoms with Crippen LogP contribution in [0.2, 0.25) is 0 Å². The van der Waals surface area contributed by atoms with Crippen LogP contribution < -0.4 is 11.4 Å². The standard InChI is InChI=1S/C24H27FN4O7/c1-14-6-8-15(9-7-14)12-28(35)23(33)20(31)19(13-30)36-24(23,34)29-21(26)17(11-27-22(29)32)10-16-4-2-3-5-18(16)25/h2-9,11,19-20,30-31,33-35H,10,12-13,26H2,1H3/t19-,20-,23-,24-/m1/s1. The van der Waals surface area contributed by atoms with Gasteiger partial charge in [-0.2, -0.15) is 0 Å². The lowest BCUT2D eigenvalue weighted by atomic mass is 9.99. The first-order chi connectivity index (χ1) is 17.0. The molecular formula is C24H27FN4O7. The Hall–Kier alpha value is -3.23. The van der Waals surface area contributed by atoms with Crippen molar-refractivity contribution in [1.82, 2.24) is 14.6 Å². The van der Waals surface area contributed by atoms with E-state index in [1.54, 1.807) is 30.3 Å². The van der Waals surface area contributed by atoms with Crippen molar-refractivity contribution < 1.29 is 34.8 Å². The number of ether oxygens (including phenoxy) is 1. The summed E-state index contributed by atoms with van der Waals surface area (Å²) in [4.78, 5) is 16.5. The van der Waals surface area contributed by atoms with Gasteiger partial charge in [0.1, 0.15) is 23.8 Å². The fourth-order valence-electron chi connectivity index (χ4n) is 4.26. The molecule has 4 atom stereocenters. The highest BCUT2D eigenvalue weighted by atomic mass is 19.1. The molecule has 12 heteroatoms. The van der Waals surface area contributed by atoms with E-state index in [0.717, 1.165) is 11.8 Å². The molecule has 0 spiro atoms. The largest absolute Gasteiger partial charge is 0.394 e. The van der Waals surface area contributed by atoms with E-state index in [9.17, 15) is 34.8 Å². The number of nitrogen functional groups attached to an aromatic ring is 1. The molecule has 0 saturated carbocycles. The molecule has 192 valence electrons. The average molecular weight is 502 g/mol. The van der Waals surface area contributed by atoms with Gasteiger partial charge in [0.2, 0.25) is 5.72 Å². The van der Waals surface area contributed by atoms with E-state index < -0.39 is 54.3 Å². The summed E-state index contributed by atoms with van der Waals surface area (Å²) in [6.45, 7) is 0.541. The number of aliphatic hydroxyl groups excluding tert-OH is 2. The molecule has 3 aromatic rings. The molecular weight excluding hydrogens is 475 g/mol. The maximum absolute atomic E-state index is 14.2. The number of rotatable bonds is 7. The van der Waals surface area contributed by atoms with Crippen LogP contribution in [0.25, 0.3) is 0 Å². The van der Waals surface area contributed by atoms with Crippen LogP contribution in [-0.4, -0.2) is 64.8 Å². The van der Waals surface area contributed by atoms with Gasteiger partial charge < -0.3 is 36.1 Å². The summed E-state index contributed by atoms with van der Waals surface area (Å²) in [6, 6.07) is 12.6. The molecule has 0 amide bonds. The van der Waals surface area contributed by atoms with Crippen molar-refractivity contribution in [2.45, 2.75) is 43.7 Å². The second kappa shape index (κ2) is 9.67. The minimum absolute atomic E-state index is 0.0871. The number of hydrogen-bond acceptors (Lipinski definition) is 10. The quantitative estimate of drug-likeness (QED) is 0.187. The summed E-state index contributed by atoms with van der Waals surface area (Å²) >= 11 is 0. The number of aliphatic hydroxyl groups is 4. The minimum atomic E-state index is -3.21. The molecule has 0 bridgehead atoms. The van der Waals surface area contributed by atoms with Gasteiger partial charge in [0, 0.05) is 18.2 Å². The van der Waals surface area contributed by atoms with Crippen LogP contribution in [0.4, 0.5) is 10.2 Å². The van der Waals surface area contributed by atoms with Crippen LogP contribution in [0.3, 0.4) is 0 Å². The van der Waals surface area contributed by atoms with E-state index in [0.29, 0.717) is 10.1 Å². The van der Waals surface area contributed by atoms with E-state index in [1.807, 2.05) is 6.92 Å². The normalized spacial score (nSPS) is 26.0. The number of hydrogen-bond donors (Lipinski definition) is 6. The molecule has 7 N–H and O–H groups in total. The topological polar surface area (TPSA) is 175 Å². The third-order valence-electron chi connectivity index (χ3n) is 6.32. The summed E-state index contributed by atoms with van der Waals surface area (Å²) in [5, 5.41) is 54.7. The first-order valence-corrected chi connectivity index (χ1v) is 11.1. The number of nitrogens with two attached hydrogens (primary N) is 1. The first kappa shape index (κ1) is 25.9. The second-order valence-corrected chi connectivity index (χ2v) is 8.72. The zero-order chi connectivity index (χ0) is 26.3. The Morgan fingerprint density at radius 1 is 1.17 bits per heavy atom. The van der Waals surface area contributed by atoms with Gasteiger partial charge in [0.25, 0.3) is 0 Å². The molecule has 2 aromatic carbocycles. The summed E-state index contributed by atoms with van der Waals surface area (Å²) in [5.41, 5.74) is 3.59. The van der Waals surface area contributed by atoms with Crippen molar-refractivity contribution in [2.24, 2.45) is 0 Å². The summed E-state index contributed by atoms with van der Waals surface area (Å²) < 4.78 is 19.9. The number of anilines is 1. The molecule has 1 aliphatic heterocycles. The van der Waals surface area contributed by atoms with Gasteiger partial charge in [-0.3, -0.25) is 0 Å². The number of hydroxylamine groups is 2. The van der Waals surface area contributed by atoms with E-state index in [1.165, 1.54) is 18.2 Å². The molecule has 11 nitrogen and oxygen atoms in total. The average Bonchev–Trinajstić information content (AvgIpc) is 3.05. The monoisotopic (exact) mass is 502 g/mol. The lowest BCUT2D eigenvalue weighted by molar-refractivity contribution is -0.413. The Morgan fingerprint density at radius 3 is 2.47 bits per heavy atom. The van der Waals surface area contributed by atoms with Crippen LogP contribution in [0.5, 0.6) is 0 Å². The van der Waals surface area contributed by atoms with Crippen LogP contribution in [0.15, 0.2) is 59.5 Å². The van der Waals surface area contributed by atoms with Gasteiger partial charge in [-0.05, 0) is 24.1 Å². The fraction of sp³-hybridized carbons (Fsp3) is 0.333. The Kier molecular flexibility index (Phi) is 6.94. The molecule has 1 fully saturated rings. The predicted molar refractivity (Wildman–Crippen MR) is 124 cm³/mol. The van der Waals surface area contributed by atoms with E-state index >= 15 is 0 Å². The molecule has 0 unspecified atom stereocenters. The minimum Gasteiger partial charge on any atom is -0.394 e. The SMILES string of the molecule is Cc1ccc(CN(O)[C@@]2(O)[C@H](O)[C@@H](CO)O[C@@]2(O)n2c(N)c(Cc3ccccc3F)cnc2=O)cc1. The smallest absolute Gasteiger partial charge is 0.353 e. The highest BCUT2D eigenvalue weighted by molar-refractivity contribution is 5.43. The van der Waals surface area contributed by atoms with E-state index in [-0.39, 0.29) is 22.6 Å². The molecule has 2 heterocycles. The third kappa shape index (κ3) is 4.18. The highest BCUT2D eigenvalue weighted by Gasteiger charge is 2.70. The van der Waals surface area contributed by atoms with E-state index in [2.05, 4.69) is 4.98 Å². The summed E-state index contributed by atoms with van der Waals surface area (Å²) in [6.07, 6.45) is -2.79. The fourth-order valence-corrected chi connectivity index (χ4v) is 4.26. The van der Waals surface area contributed by atoms with Crippen molar-refractivity contribution in [3.8, 4) is 0 Å². The Bertz CT molecular complexity index is 1300. The maximum Gasteiger partial charge on any atom is 0.353 e. The van der Waals surface area contributed by atoms with Gasteiger partial charge in [0.15, 0.2) is 0 Å². The molecule has 0 radical (unpaired) electrons. The van der Waals surface area contributed by atoms with Crippen molar-refractivity contribution >= 4 is 5.82 Å². The Labute approximate surface area is 205 Å². The first-order valence-electron chi connectivity index (χ1n) is 11.1. The number of nitrogens with zero attached hydrogens (tertiary/aromatic N) is 3.